The Labute approximate surface area is 148 Å². The number of hydroxylamine groups is 2. The van der Waals surface area contributed by atoms with Crippen LogP contribution in [0.25, 0.3) is 0 Å². The first-order chi connectivity index (χ1) is 12.1. The maximum absolute atomic E-state index is 12.4. The van der Waals surface area contributed by atoms with Crippen molar-refractivity contribution in [1.29, 1.82) is 0 Å². The zero-order chi connectivity index (χ0) is 17.8. The van der Waals surface area contributed by atoms with E-state index in [-0.39, 0.29) is 35.8 Å². The Bertz CT molecular complexity index is 821. The fourth-order valence-corrected chi connectivity index (χ4v) is 2.47. The summed E-state index contributed by atoms with van der Waals surface area (Å²) in [5.41, 5.74) is 1.30. The van der Waals surface area contributed by atoms with Crippen molar-refractivity contribution in [3.63, 3.8) is 0 Å². The minimum atomic E-state index is -0.608. The number of benzene rings is 2. The van der Waals surface area contributed by atoms with Crippen LogP contribution in [0, 0.1) is 0 Å². The van der Waals surface area contributed by atoms with Crippen LogP contribution in [0.2, 0.25) is 0 Å². The number of fused-ring (bicyclic) bond motifs is 1. The van der Waals surface area contributed by atoms with Crippen LogP contribution in [0.15, 0.2) is 48.5 Å². The van der Waals surface area contributed by atoms with Gasteiger partial charge in [0, 0.05) is 0 Å². The molecule has 7 heteroatoms. The van der Waals surface area contributed by atoms with E-state index in [2.05, 4.69) is 0 Å². The predicted octanol–water partition coefficient (Wildman–Crippen LogP) is 2.81. The molecule has 1 aliphatic heterocycles. The molecule has 0 aliphatic carbocycles. The molecule has 0 saturated carbocycles. The Morgan fingerprint density at radius 1 is 1.00 bits per heavy atom. The quantitative estimate of drug-likeness (QED) is 0.450. The molecular formula is C18H14ClNO5. The van der Waals surface area contributed by atoms with Crippen LogP contribution in [-0.2, 0) is 16.2 Å². The molecule has 0 radical (unpaired) electrons. The van der Waals surface area contributed by atoms with Crippen LogP contribution in [0.1, 0.15) is 36.6 Å². The third-order valence-electron chi connectivity index (χ3n) is 3.60. The number of imide groups is 1. The molecular weight excluding hydrogens is 346 g/mol. The van der Waals surface area contributed by atoms with Gasteiger partial charge in [-0.1, -0.05) is 30.3 Å². The third-order valence-corrected chi connectivity index (χ3v) is 3.75. The number of amides is 2. The molecule has 6 nitrogen and oxygen atoms in total. The number of rotatable bonds is 6. The van der Waals surface area contributed by atoms with E-state index >= 15 is 0 Å². The Hall–Kier alpha value is -2.70. The zero-order valence-corrected chi connectivity index (χ0v) is 13.9. The molecule has 2 aromatic rings. The lowest BCUT2D eigenvalue weighted by Crippen LogP contribution is -2.29. The van der Waals surface area contributed by atoms with Crippen LogP contribution in [-0.4, -0.2) is 35.3 Å². The molecule has 0 atom stereocenters. The molecule has 3 rings (SSSR count). The van der Waals surface area contributed by atoms with Crippen molar-refractivity contribution in [3.05, 3.63) is 70.8 Å². The van der Waals surface area contributed by atoms with Gasteiger partial charge in [0.1, 0.15) is 13.2 Å². The van der Waals surface area contributed by atoms with E-state index in [4.69, 9.17) is 21.2 Å². The summed E-state index contributed by atoms with van der Waals surface area (Å²) in [5.74, 6) is -1.60. The summed E-state index contributed by atoms with van der Waals surface area (Å²) >= 11 is 5.47. The summed E-state index contributed by atoms with van der Waals surface area (Å²) in [7, 11) is 0. The molecule has 1 aliphatic rings. The topological polar surface area (TPSA) is 72.9 Å². The fourth-order valence-electron chi connectivity index (χ4n) is 2.39. The van der Waals surface area contributed by atoms with Gasteiger partial charge in [-0.25, -0.2) is 4.79 Å². The molecule has 0 N–H and O–H groups in total. The average molecular weight is 360 g/mol. The van der Waals surface area contributed by atoms with Crippen molar-refractivity contribution < 1.29 is 24.0 Å². The van der Waals surface area contributed by atoms with Crippen molar-refractivity contribution in [3.8, 4) is 0 Å². The summed E-state index contributed by atoms with van der Waals surface area (Å²) in [6.07, 6.45) is 0. The lowest BCUT2D eigenvalue weighted by Gasteiger charge is -2.13. The first-order valence-electron chi connectivity index (χ1n) is 7.54. The average Bonchev–Trinajstić information content (AvgIpc) is 2.89. The van der Waals surface area contributed by atoms with Crippen LogP contribution >= 0.6 is 11.6 Å². The van der Waals surface area contributed by atoms with E-state index in [0.717, 1.165) is 5.56 Å². The number of alkyl halides is 1. The summed E-state index contributed by atoms with van der Waals surface area (Å²) in [4.78, 5) is 42.0. The maximum Gasteiger partial charge on any atom is 0.338 e. The minimum absolute atomic E-state index is 0.0661. The first-order valence-corrected chi connectivity index (χ1v) is 8.08. The summed E-state index contributed by atoms with van der Waals surface area (Å²) < 4.78 is 4.92. The molecule has 0 bridgehead atoms. The highest BCUT2D eigenvalue weighted by Crippen LogP contribution is 2.25. The van der Waals surface area contributed by atoms with Gasteiger partial charge < -0.3 is 4.74 Å². The minimum Gasteiger partial charge on any atom is -0.461 e. The largest absolute Gasteiger partial charge is 0.461 e. The van der Waals surface area contributed by atoms with E-state index in [1.165, 1.54) is 18.2 Å². The molecule has 1 heterocycles. The van der Waals surface area contributed by atoms with Gasteiger partial charge in [0.15, 0.2) is 0 Å². The predicted molar refractivity (Wildman–Crippen MR) is 89.2 cm³/mol. The van der Waals surface area contributed by atoms with Gasteiger partial charge in [0.05, 0.1) is 22.6 Å². The molecule has 2 amide bonds. The number of carbonyl (C=O) groups excluding carboxylic acids is 3. The fraction of sp³-hybridized carbons (Fsp3) is 0.167. The third kappa shape index (κ3) is 3.55. The summed E-state index contributed by atoms with van der Waals surface area (Å²) in [6, 6.07) is 13.3. The van der Waals surface area contributed by atoms with Crippen LogP contribution in [0.5, 0.6) is 0 Å². The smallest absolute Gasteiger partial charge is 0.338 e. The van der Waals surface area contributed by atoms with Gasteiger partial charge >= 0.3 is 5.97 Å². The van der Waals surface area contributed by atoms with Gasteiger partial charge in [-0.15, -0.1) is 16.7 Å². The Morgan fingerprint density at radius 2 is 1.72 bits per heavy atom. The molecule has 0 saturated heterocycles. The number of esters is 1. The van der Waals surface area contributed by atoms with Crippen molar-refractivity contribution in [2.45, 2.75) is 6.61 Å². The monoisotopic (exact) mass is 359 g/mol. The summed E-state index contributed by atoms with van der Waals surface area (Å²) in [6.45, 7) is 0.146. The lowest BCUT2D eigenvalue weighted by molar-refractivity contribution is -0.101. The highest BCUT2D eigenvalue weighted by Gasteiger charge is 2.37. The summed E-state index contributed by atoms with van der Waals surface area (Å²) in [5, 5.41) is 0.714. The molecule has 0 spiro atoms. The molecule has 128 valence electrons. The Morgan fingerprint density at radius 3 is 2.44 bits per heavy atom. The van der Waals surface area contributed by atoms with Gasteiger partial charge in [-0.3, -0.25) is 14.4 Å². The van der Waals surface area contributed by atoms with Crippen molar-refractivity contribution in [2.75, 3.05) is 12.5 Å². The van der Waals surface area contributed by atoms with Gasteiger partial charge in [-0.05, 0) is 23.8 Å². The second kappa shape index (κ2) is 7.46. The normalized spacial score (nSPS) is 13.1. The number of ether oxygens (including phenoxy) is 1. The second-order valence-corrected chi connectivity index (χ2v) is 5.63. The van der Waals surface area contributed by atoms with E-state index in [9.17, 15) is 14.4 Å². The number of hydrogen-bond acceptors (Lipinski definition) is 5. The number of halogens is 1. The Kier molecular flexibility index (Phi) is 5.11. The van der Waals surface area contributed by atoms with Crippen molar-refractivity contribution in [2.24, 2.45) is 0 Å². The van der Waals surface area contributed by atoms with E-state index < -0.39 is 17.8 Å². The van der Waals surface area contributed by atoms with Gasteiger partial charge in [0.2, 0.25) is 0 Å². The molecule has 25 heavy (non-hydrogen) atoms. The van der Waals surface area contributed by atoms with E-state index in [1.54, 1.807) is 0 Å². The second-order valence-electron chi connectivity index (χ2n) is 5.25. The van der Waals surface area contributed by atoms with Crippen molar-refractivity contribution >= 4 is 29.4 Å². The van der Waals surface area contributed by atoms with Crippen LogP contribution in [0.3, 0.4) is 0 Å². The number of hydrogen-bond donors (Lipinski definition) is 0. The molecule has 0 fully saturated rings. The SMILES string of the molecule is O=C(OCCCl)c1ccc2c(c1)C(=O)N(OCc1ccccc1)C2=O. The highest BCUT2D eigenvalue weighted by atomic mass is 35.5. The lowest BCUT2D eigenvalue weighted by atomic mass is 10.1. The maximum atomic E-state index is 12.4. The van der Waals surface area contributed by atoms with Crippen LogP contribution in [0.4, 0.5) is 0 Å². The zero-order valence-electron chi connectivity index (χ0n) is 13.1. The standard InChI is InChI=1S/C18H14ClNO5/c19-8-9-24-18(23)13-6-7-14-15(10-13)17(22)20(16(14)21)25-11-12-4-2-1-3-5-12/h1-7,10H,8-9,11H2. The van der Waals surface area contributed by atoms with Gasteiger partial charge in [-0.2, -0.15) is 0 Å². The molecule has 0 aromatic heterocycles. The van der Waals surface area contributed by atoms with Crippen LogP contribution < -0.4 is 0 Å². The number of carbonyl (C=O) groups is 3. The van der Waals surface area contributed by atoms with Gasteiger partial charge in [0.25, 0.3) is 11.8 Å². The molecule has 0 unspecified atom stereocenters. The first kappa shape index (κ1) is 17.1. The van der Waals surface area contributed by atoms with Crippen molar-refractivity contribution in [1.82, 2.24) is 5.06 Å². The Balaban J connectivity index is 1.76. The van der Waals surface area contributed by atoms with E-state index in [1.807, 2.05) is 30.3 Å². The number of nitrogens with zero attached hydrogens (tertiary/aromatic N) is 1. The molecule has 2 aromatic carbocycles. The highest BCUT2D eigenvalue weighted by molar-refractivity contribution is 6.21. The van der Waals surface area contributed by atoms with E-state index in [0.29, 0.717) is 5.06 Å².